The molecule has 3 aromatic rings. The number of fused-ring (bicyclic) bond motifs is 1. The number of aromatic amines is 2. The fraction of sp³-hybridized carbons (Fsp3) is 0.462. The number of hydrogen-bond acceptors (Lipinski definition) is 5. The number of para-hydroxylation sites is 1. The molecule has 1 aliphatic heterocycles. The van der Waals surface area contributed by atoms with E-state index in [4.69, 9.17) is 0 Å². The van der Waals surface area contributed by atoms with E-state index in [-0.39, 0.29) is 29.2 Å². The van der Waals surface area contributed by atoms with Gasteiger partial charge in [0.2, 0.25) is 11.8 Å². The van der Waals surface area contributed by atoms with Crippen LogP contribution in [-0.4, -0.2) is 65.4 Å². The second kappa shape index (κ2) is 11.3. The first kappa shape index (κ1) is 24.7. The Balaban J connectivity index is 1.46. The highest BCUT2D eigenvalue weighted by atomic mass is 16.2. The van der Waals surface area contributed by atoms with Crippen LogP contribution < -0.4 is 16.2 Å². The summed E-state index contributed by atoms with van der Waals surface area (Å²) in [6.45, 7) is 2.05. The lowest BCUT2D eigenvalue weighted by Gasteiger charge is -2.35. The average Bonchev–Trinajstić information content (AvgIpc) is 3.32. The van der Waals surface area contributed by atoms with E-state index < -0.39 is 0 Å². The van der Waals surface area contributed by atoms with Gasteiger partial charge in [0.05, 0.1) is 23.4 Å². The Labute approximate surface area is 204 Å². The Kier molecular flexibility index (Phi) is 7.97. The van der Waals surface area contributed by atoms with E-state index in [2.05, 4.69) is 30.5 Å². The number of aromatic nitrogens is 3. The minimum atomic E-state index is -0.174. The first-order valence-corrected chi connectivity index (χ1v) is 12.3. The number of pyridine rings is 1. The number of benzene rings is 1. The van der Waals surface area contributed by atoms with E-state index in [1.807, 2.05) is 37.4 Å². The van der Waals surface area contributed by atoms with Gasteiger partial charge < -0.3 is 25.5 Å². The summed E-state index contributed by atoms with van der Waals surface area (Å²) in [6.07, 6.45) is 5.68. The molecular formula is C26H34N6O3. The van der Waals surface area contributed by atoms with Crippen LogP contribution in [-0.2, 0) is 9.59 Å². The number of unbranched alkanes of at least 4 members (excludes halogenated alkanes) is 2. The van der Waals surface area contributed by atoms with Gasteiger partial charge in [-0.1, -0.05) is 31.0 Å². The Hall–Kier alpha value is -3.46. The van der Waals surface area contributed by atoms with Crippen molar-refractivity contribution in [1.29, 1.82) is 0 Å². The number of H-pyrrole nitrogens is 2. The van der Waals surface area contributed by atoms with Gasteiger partial charge in [-0.05, 0) is 37.4 Å². The van der Waals surface area contributed by atoms with Crippen molar-refractivity contribution in [2.75, 3.05) is 33.7 Å². The van der Waals surface area contributed by atoms with Gasteiger partial charge in [-0.2, -0.15) is 0 Å². The van der Waals surface area contributed by atoms with E-state index in [0.29, 0.717) is 24.2 Å². The number of carbonyl (C=O) groups is 2. The molecule has 9 heteroatoms. The summed E-state index contributed by atoms with van der Waals surface area (Å²) in [5.41, 5.74) is 1.81. The fourth-order valence-corrected chi connectivity index (χ4v) is 4.57. The van der Waals surface area contributed by atoms with Crippen molar-refractivity contribution in [3.8, 4) is 11.3 Å². The molecule has 2 amide bonds. The number of hydrogen-bond donors (Lipinski definition) is 4. The zero-order valence-corrected chi connectivity index (χ0v) is 20.4. The molecule has 3 heterocycles. The lowest BCUT2D eigenvalue weighted by atomic mass is 9.97. The third-order valence-corrected chi connectivity index (χ3v) is 6.72. The third kappa shape index (κ3) is 6.16. The smallest absolute Gasteiger partial charge is 0.257 e. The monoisotopic (exact) mass is 478 g/mol. The van der Waals surface area contributed by atoms with Gasteiger partial charge in [0.15, 0.2) is 0 Å². The number of likely N-dealkylation sites (tertiary alicyclic amines) is 1. The summed E-state index contributed by atoms with van der Waals surface area (Å²) in [6, 6.07) is 9.53. The van der Waals surface area contributed by atoms with E-state index in [1.54, 1.807) is 13.2 Å². The zero-order valence-electron chi connectivity index (χ0n) is 20.4. The van der Waals surface area contributed by atoms with Crippen LogP contribution >= 0.6 is 0 Å². The van der Waals surface area contributed by atoms with Crippen LogP contribution in [0.5, 0.6) is 0 Å². The van der Waals surface area contributed by atoms with Gasteiger partial charge in [0, 0.05) is 44.5 Å². The Morgan fingerprint density at radius 1 is 1.17 bits per heavy atom. The largest absolute Gasteiger partial charge is 0.359 e. The molecule has 4 rings (SSSR count). The summed E-state index contributed by atoms with van der Waals surface area (Å²) < 4.78 is 0. The summed E-state index contributed by atoms with van der Waals surface area (Å²) in [4.78, 5) is 49.7. The average molecular weight is 479 g/mol. The first-order valence-electron chi connectivity index (χ1n) is 12.3. The predicted molar refractivity (Wildman–Crippen MR) is 136 cm³/mol. The summed E-state index contributed by atoms with van der Waals surface area (Å²) in [7, 11) is 3.65. The number of amides is 2. The van der Waals surface area contributed by atoms with E-state index in [9.17, 15) is 14.4 Å². The molecule has 0 radical (unpaired) electrons. The van der Waals surface area contributed by atoms with Gasteiger partial charge in [-0.3, -0.25) is 14.4 Å². The molecule has 1 atom stereocenters. The van der Waals surface area contributed by atoms with Gasteiger partial charge in [0.1, 0.15) is 5.82 Å². The molecule has 4 N–H and O–H groups in total. The van der Waals surface area contributed by atoms with Crippen molar-refractivity contribution in [3.63, 3.8) is 0 Å². The quantitative estimate of drug-likeness (QED) is 0.315. The Bertz CT molecular complexity index is 1230. The lowest BCUT2D eigenvalue weighted by Crippen LogP contribution is -2.52. The zero-order chi connectivity index (χ0) is 24.8. The molecule has 1 unspecified atom stereocenters. The minimum absolute atomic E-state index is 0.00922. The van der Waals surface area contributed by atoms with Crippen molar-refractivity contribution < 1.29 is 9.59 Å². The minimum Gasteiger partial charge on any atom is -0.359 e. The van der Waals surface area contributed by atoms with Crippen LogP contribution in [0.25, 0.3) is 22.2 Å². The normalized spacial score (nSPS) is 15.0. The molecule has 1 fully saturated rings. The van der Waals surface area contributed by atoms with Gasteiger partial charge >= 0.3 is 0 Å². The van der Waals surface area contributed by atoms with Crippen LogP contribution in [0, 0.1) is 5.92 Å². The van der Waals surface area contributed by atoms with Crippen LogP contribution in [0.15, 0.2) is 41.3 Å². The summed E-state index contributed by atoms with van der Waals surface area (Å²) in [5, 5.41) is 6.70. The first-order chi connectivity index (χ1) is 16.9. The molecule has 2 aromatic heterocycles. The highest BCUT2D eigenvalue weighted by Crippen LogP contribution is 2.24. The predicted octanol–water partition coefficient (Wildman–Crippen LogP) is 2.38. The number of carbonyl (C=O) groups excluding carboxylic acids is 2. The van der Waals surface area contributed by atoms with Crippen molar-refractivity contribution in [2.24, 2.45) is 5.92 Å². The lowest BCUT2D eigenvalue weighted by molar-refractivity contribution is -0.129. The van der Waals surface area contributed by atoms with Gasteiger partial charge in [-0.25, -0.2) is 4.98 Å². The molecule has 1 aromatic carbocycles. The van der Waals surface area contributed by atoms with Crippen molar-refractivity contribution in [2.45, 2.75) is 38.0 Å². The van der Waals surface area contributed by atoms with E-state index >= 15 is 0 Å². The molecular weight excluding hydrogens is 444 g/mol. The highest BCUT2D eigenvalue weighted by Gasteiger charge is 2.30. The number of imidazole rings is 1. The molecule has 1 aliphatic rings. The maximum absolute atomic E-state index is 12.7. The molecule has 35 heavy (non-hydrogen) atoms. The van der Waals surface area contributed by atoms with Crippen LogP contribution in [0.1, 0.15) is 43.8 Å². The van der Waals surface area contributed by atoms with Crippen molar-refractivity contribution in [3.05, 3.63) is 52.7 Å². The van der Waals surface area contributed by atoms with Crippen molar-refractivity contribution >= 4 is 22.7 Å². The number of nitrogens with zero attached hydrogens (tertiary/aromatic N) is 2. The van der Waals surface area contributed by atoms with Crippen LogP contribution in [0.3, 0.4) is 0 Å². The Morgan fingerprint density at radius 2 is 1.97 bits per heavy atom. The maximum atomic E-state index is 12.7. The van der Waals surface area contributed by atoms with Gasteiger partial charge in [-0.15, -0.1) is 0 Å². The molecule has 9 nitrogen and oxygen atoms in total. The second-order valence-electron chi connectivity index (χ2n) is 9.41. The van der Waals surface area contributed by atoms with E-state index in [1.165, 1.54) is 0 Å². The van der Waals surface area contributed by atoms with Crippen molar-refractivity contribution in [1.82, 2.24) is 30.5 Å². The van der Waals surface area contributed by atoms with Crippen LogP contribution in [0.2, 0.25) is 0 Å². The second-order valence-corrected chi connectivity index (χ2v) is 9.41. The maximum Gasteiger partial charge on any atom is 0.257 e. The molecule has 186 valence electrons. The summed E-state index contributed by atoms with van der Waals surface area (Å²) in [5.74, 6) is 0.910. The third-order valence-electron chi connectivity index (χ3n) is 6.72. The molecule has 0 spiro atoms. The number of nitrogens with one attached hydrogen (secondary N) is 4. The topological polar surface area (TPSA) is 123 Å². The standard InChI is InChI=1S/C26H34N6O3/c1-27-23(33)11-5-3-4-9-18(13-29-25(34)19-15-32(2)16-19)24-28-14-22(30-24)20-12-17-8-6-7-10-21(17)31-26(20)35/h6-8,10,12,14,18-19H,3-5,9,11,13,15-16H2,1-2H3,(H,27,33)(H,28,30)(H,29,34)(H,31,35). The highest BCUT2D eigenvalue weighted by molar-refractivity contribution is 5.82. The summed E-state index contributed by atoms with van der Waals surface area (Å²) >= 11 is 0. The molecule has 0 saturated carbocycles. The van der Waals surface area contributed by atoms with Crippen LogP contribution in [0.4, 0.5) is 0 Å². The Morgan fingerprint density at radius 3 is 2.74 bits per heavy atom. The molecule has 0 bridgehead atoms. The SMILES string of the molecule is CNC(=O)CCCCCC(CNC(=O)C1CN(C)C1)c1ncc(-c2cc3ccccc3[nH]c2=O)[nH]1. The fourth-order valence-electron chi connectivity index (χ4n) is 4.57. The molecule has 0 aliphatic carbocycles. The molecule has 1 saturated heterocycles. The van der Waals surface area contributed by atoms with Gasteiger partial charge in [0.25, 0.3) is 5.56 Å². The number of rotatable bonds is 11. The van der Waals surface area contributed by atoms with E-state index in [0.717, 1.165) is 55.5 Å².